The van der Waals surface area contributed by atoms with Crippen LogP contribution in [0.15, 0.2) is 42.5 Å². The number of aliphatic hydroxyl groups is 1. The van der Waals surface area contributed by atoms with Crippen LogP contribution in [0, 0.1) is 0 Å². The standard InChI is InChI=1S/C21H22ClN2O3/c22-16-7-5-15(6-8-16)21(25)13-23-11-3-1-2-4-20(23)24(21)17-9-10-18-19(12-17)27-14-26-18/h5-10,12,25H,1-4,11,13-14H2/q+1/t21-/m0/s1. The number of halogens is 1. The molecule has 5 nitrogen and oxygen atoms in total. The van der Waals surface area contributed by atoms with Gasteiger partial charge in [-0.25, -0.2) is 0 Å². The minimum absolute atomic E-state index is 0.239. The summed E-state index contributed by atoms with van der Waals surface area (Å²) in [7, 11) is 0. The van der Waals surface area contributed by atoms with E-state index in [-0.39, 0.29) is 6.79 Å². The largest absolute Gasteiger partial charge is 0.454 e. The van der Waals surface area contributed by atoms with E-state index in [0.717, 1.165) is 48.6 Å². The highest BCUT2D eigenvalue weighted by molar-refractivity contribution is 6.30. The predicted octanol–water partition coefficient (Wildman–Crippen LogP) is 3.72. The van der Waals surface area contributed by atoms with E-state index in [1.807, 2.05) is 42.5 Å². The smallest absolute Gasteiger partial charge is 0.275 e. The van der Waals surface area contributed by atoms with Crippen LogP contribution >= 0.6 is 11.6 Å². The van der Waals surface area contributed by atoms with Gasteiger partial charge in [-0.2, -0.15) is 4.90 Å². The number of hydrogen-bond acceptors (Lipinski definition) is 4. The molecule has 0 aliphatic carbocycles. The maximum Gasteiger partial charge on any atom is 0.275 e. The Kier molecular flexibility index (Phi) is 4.02. The lowest BCUT2D eigenvalue weighted by Gasteiger charge is -2.29. The van der Waals surface area contributed by atoms with Crippen LogP contribution in [0.1, 0.15) is 31.2 Å². The van der Waals surface area contributed by atoms with E-state index >= 15 is 0 Å². The first kappa shape index (κ1) is 16.9. The van der Waals surface area contributed by atoms with Gasteiger partial charge in [-0.15, -0.1) is 0 Å². The molecule has 0 amide bonds. The SMILES string of the molecule is O[C@]1(c2ccc(Cl)cc2)C[N+]2=C(CCCCC2)N1c1ccc2c(c1)OCO2. The molecule has 0 aromatic heterocycles. The van der Waals surface area contributed by atoms with E-state index in [9.17, 15) is 5.11 Å². The molecule has 0 unspecified atom stereocenters. The summed E-state index contributed by atoms with van der Waals surface area (Å²) in [4.78, 5) is 2.07. The molecule has 5 rings (SSSR count). The van der Waals surface area contributed by atoms with Crippen molar-refractivity contribution >= 4 is 23.1 Å². The second-order valence-electron chi connectivity index (χ2n) is 7.34. The first-order chi connectivity index (χ1) is 13.1. The van der Waals surface area contributed by atoms with Gasteiger partial charge in [0.25, 0.3) is 11.6 Å². The Bertz CT molecular complexity index is 912. The van der Waals surface area contributed by atoms with E-state index in [0.29, 0.717) is 11.6 Å². The molecule has 2 aromatic carbocycles. The number of rotatable bonds is 2. The quantitative estimate of drug-likeness (QED) is 0.800. The van der Waals surface area contributed by atoms with Crippen molar-refractivity contribution in [2.45, 2.75) is 31.4 Å². The number of benzene rings is 2. The first-order valence-electron chi connectivity index (χ1n) is 9.44. The zero-order chi connectivity index (χ0) is 18.4. The molecule has 3 heterocycles. The average molecular weight is 386 g/mol. The summed E-state index contributed by atoms with van der Waals surface area (Å²) in [6.45, 7) is 1.74. The van der Waals surface area contributed by atoms with Gasteiger partial charge in [0.05, 0.1) is 6.54 Å². The summed E-state index contributed by atoms with van der Waals surface area (Å²) in [5.41, 5.74) is 0.603. The molecule has 1 N–H and O–H groups in total. The van der Waals surface area contributed by atoms with Crippen LogP contribution in [0.25, 0.3) is 0 Å². The van der Waals surface area contributed by atoms with Crippen molar-refractivity contribution in [3.63, 3.8) is 0 Å². The Morgan fingerprint density at radius 1 is 1.00 bits per heavy atom. The lowest BCUT2D eigenvalue weighted by atomic mass is 10.00. The molecule has 0 radical (unpaired) electrons. The minimum atomic E-state index is -1.15. The molecule has 0 saturated heterocycles. The molecule has 27 heavy (non-hydrogen) atoms. The third-order valence-corrected chi connectivity index (χ3v) is 5.91. The van der Waals surface area contributed by atoms with Crippen LogP contribution in [-0.4, -0.2) is 35.4 Å². The Balaban J connectivity index is 1.63. The summed E-state index contributed by atoms with van der Waals surface area (Å²) in [5.74, 6) is 2.64. The maximum atomic E-state index is 11.9. The number of hydrogen-bond donors (Lipinski definition) is 1. The van der Waals surface area contributed by atoms with E-state index < -0.39 is 5.72 Å². The normalized spacial score (nSPS) is 24.1. The van der Waals surface area contributed by atoms with Gasteiger partial charge in [-0.3, -0.25) is 4.58 Å². The van der Waals surface area contributed by atoms with E-state index in [1.165, 1.54) is 12.3 Å². The van der Waals surface area contributed by atoms with Gasteiger partial charge >= 0.3 is 0 Å². The molecule has 0 spiro atoms. The van der Waals surface area contributed by atoms with Gasteiger partial charge in [-0.1, -0.05) is 23.7 Å². The van der Waals surface area contributed by atoms with Crippen LogP contribution in [-0.2, 0) is 5.72 Å². The number of ether oxygens (including phenoxy) is 2. The van der Waals surface area contributed by atoms with Crippen LogP contribution in [0.5, 0.6) is 11.5 Å². The average Bonchev–Trinajstić information content (AvgIpc) is 3.17. The highest BCUT2D eigenvalue weighted by Crippen LogP contribution is 2.42. The monoisotopic (exact) mass is 385 g/mol. The number of nitrogens with zero attached hydrogens (tertiary/aromatic N) is 2. The Morgan fingerprint density at radius 3 is 2.67 bits per heavy atom. The third kappa shape index (κ3) is 2.77. The fourth-order valence-corrected chi connectivity index (χ4v) is 4.47. The Labute approximate surface area is 163 Å². The van der Waals surface area contributed by atoms with Gasteiger partial charge in [0.15, 0.2) is 18.0 Å². The van der Waals surface area contributed by atoms with Crippen molar-refractivity contribution < 1.29 is 19.2 Å². The molecule has 0 saturated carbocycles. The number of fused-ring (bicyclic) bond motifs is 1. The highest BCUT2D eigenvalue weighted by Gasteiger charge is 2.54. The van der Waals surface area contributed by atoms with Gasteiger partial charge in [0.1, 0.15) is 5.69 Å². The summed E-state index contributed by atoms with van der Waals surface area (Å²) in [5, 5.41) is 12.6. The van der Waals surface area contributed by atoms with Crippen LogP contribution in [0.2, 0.25) is 5.02 Å². The van der Waals surface area contributed by atoms with E-state index in [1.54, 1.807) is 0 Å². The topological polar surface area (TPSA) is 44.9 Å². The maximum absolute atomic E-state index is 11.9. The summed E-state index contributed by atoms with van der Waals surface area (Å²) >= 11 is 6.08. The van der Waals surface area contributed by atoms with Crippen molar-refractivity contribution in [1.29, 1.82) is 0 Å². The van der Waals surface area contributed by atoms with Crippen molar-refractivity contribution in [2.75, 3.05) is 24.8 Å². The first-order valence-corrected chi connectivity index (χ1v) is 9.82. The lowest BCUT2D eigenvalue weighted by molar-refractivity contribution is -0.534. The molecule has 0 fully saturated rings. The predicted molar refractivity (Wildman–Crippen MR) is 104 cm³/mol. The molecule has 6 heteroatoms. The minimum Gasteiger partial charge on any atom is -0.454 e. The van der Waals surface area contributed by atoms with Crippen LogP contribution < -0.4 is 14.4 Å². The van der Waals surface area contributed by atoms with E-state index in [4.69, 9.17) is 21.1 Å². The molecular weight excluding hydrogens is 364 g/mol. The third-order valence-electron chi connectivity index (χ3n) is 5.65. The van der Waals surface area contributed by atoms with Gasteiger partial charge in [-0.05, 0) is 43.5 Å². The summed E-state index contributed by atoms with van der Waals surface area (Å²) in [6, 6.07) is 13.4. The summed E-state index contributed by atoms with van der Waals surface area (Å²) in [6.07, 6.45) is 4.44. The van der Waals surface area contributed by atoms with E-state index in [2.05, 4.69) is 9.48 Å². The lowest BCUT2D eigenvalue weighted by Crippen LogP contribution is -2.47. The van der Waals surface area contributed by atoms with Crippen LogP contribution in [0.3, 0.4) is 0 Å². The zero-order valence-corrected chi connectivity index (χ0v) is 15.8. The fourth-order valence-electron chi connectivity index (χ4n) is 4.35. The van der Waals surface area contributed by atoms with Crippen molar-refractivity contribution in [1.82, 2.24) is 0 Å². The highest BCUT2D eigenvalue weighted by atomic mass is 35.5. The Morgan fingerprint density at radius 2 is 1.81 bits per heavy atom. The molecule has 1 atom stereocenters. The van der Waals surface area contributed by atoms with Crippen molar-refractivity contribution in [2.24, 2.45) is 0 Å². The molecule has 3 aliphatic heterocycles. The molecule has 140 valence electrons. The Hall–Kier alpha value is -2.24. The molecular formula is C21H22ClN2O3+. The van der Waals surface area contributed by atoms with Crippen molar-refractivity contribution in [3.8, 4) is 11.5 Å². The van der Waals surface area contributed by atoms with Crippen molar-refractivity contribution in [3.05, 3.63) is 53.1 Å². The molecule has 3 aliphatic rings. The second kappa shape index (κ2) is 6.43. The summed E-state index contributed by atoms with van der Waals surface area (Å²) < 4.78 is 13.4. The number of anilines is 1. The zero-order valence-electron chi connectivity index (χ0n) is 15.0. The second-order valence-corrected chi connectivity index (χ2v) is 7.78. The molecule has 2 aromatic rings. The van der Waals surface area contributed by atoms with Crippen LogP contribution in [0.4, 0.5) is 5.69 Å². The van der Waals surface area contributed by atoms with Gasteiger partial charge in [0.2, 0.25) is 6.79 Å². The van der Waals surface area contributed by atoms with Gasteiger partial charge < -0.3 is 14.6 Å². The number of amidine groups is 1. The van der Waals surface area contributed by atoms with Gasteiger partial charge in [0, 0.05) is 23.1 Å². The molecule has 0 bridgehead atoms. The fraction of sp³-hybridized carbons (Fsp3) is 0.381.